The molecule has 3 nitrogen and oxygen atoms in total. The molecule has 3 aromatic rings. The zero-order valence-electron chi connectivity index (χ0n) is 11.6. The molecule has 0 spiro atoms. The Balaban J connectivity index is 1.62. The van der Waals surface area contributed by atoms with Crippen LogP contribution in [0, 0.1) is 0 Å². The van der Waals surface area contributed by atoms with Crippen LogP contribution < -0.4 is 5.32 Å². The molecule has 0 radical (unpaired) electrons. The molecular weight excluding hydrogens is 260 g/mol. The standard InChI is InChI=1S/C18H16N2O/c21-18(20-17-9-11-19-12-10-17)8-6-14-5-7-15-3-1-2-4-16(15)13-14/h1-5,7,9-13H,6,8H2,(H,19,20,21). The van der Waals surface area contributed by atoms with Gasteiger partial charge in [0.1, 0.15) is 0 Å². The fourth-order valence-electron chi connectivity index (χ4n) is 2.31. The highest BCUT2D eigenvalue weighted by Gasteiger charge is 2.03. The topological polar surface area (TPSA) is 42.0 Å². The summed E-state index contributed by atoms with van der Waals surface area (Å²) >= 11 is 0. The number of benzene rings is 2. The summed E-state index contributed by atoms with van der Waals surface area (Å²) < 4.78 is 0. The van der Waals surface area contributed by atoms with Gasteiger partial charge in [-0.3, -0.25) is 9.78 Å². The van der Waals surface area contributed by atoms with E-state index in [1.807, 2.05) is 12.1 Å². The molecule has 2 aromatic carbocycles. The van der Waals surface area contributed by atoms with Gasteiger partial charge in [-0.15, -0.1) is 0 Å². The van der Waals surface area contributed by atoms with Crippen LogP contribution >= 0.6 is 0 Å². The molecule has 0 saturated heterocycles. The summed E-state index contributed by atoms with van der Waals surface area (Å²) in [6, 6.07) is 18.2. The van der Waals surface area contributed by atoms with Gasteiger partial charge in [-0.05, 0) is 34.9 Å². The lowest BCUT2D eigenvalue weighted by atomic mass is 10.0. The summed E-state index contributed by atoms with van der Waals surface area (Å²) in [4.78, 5) is 15.8. The Morgan fingerprint density at radius 1 is 0.952 bits per heavy atom. The summed E-state index contributed by atoms with van der Waals surface area (Å²) in [5.74, 6) is 0.0226. The molecule has 0 saturated carbocycles. The first kappa shape index (κ1) is 13.3. The van der Waals surface area contributed by atoms with E-state index < -0.39 is 0 Å². The van der Waals surface area contributed by atoms with Gasteiger partial charge in [0.15, 0.2) is 0 Å². The second-order valence-electron chi connectivity index (χ2n) is 4.97. The summed E-state index contributed by atoms with van der Waals surface area (Å²) in [5.41, 5.74) is 1.96. The van der Waals surface area contributed by atoms with Crippen LogP contribution in [0.5, 0.6) is 0 Å². The van der Waals surface area contributed by atoms with Crippen LogP contribution in [0.15, 0.2) is 67.0 Å². The van der Waals surface area contributed by atoms with Crippen LogP contribution in [-0.4, -0.2) is 10.9 Å². The highest BCUT2D eigenvalue weighted by molar-refractivity contribution is 5.90. The average Bonchev–Trinajstić information content (AvgIpc) is 2.54. The highest BCUT2D eigenvalue weighted by atomic mass is 16.1. The SMILES string of the molecule is O=C(CCc1ccc2ccccc2c1)Nc1ccncc1. The van der Waals surface area contributed by atoms with Gasteiger partial charge >= 0.3 is 0 Å². The van der Waals surface area contributed by atoms with E-state index in [1.165, 1.54) is 16.3 Å². The van der Waals surface area contributed by atoms with Gasteiger partial charge in [0.05, 0.1) is 0 Å². The van der Waals surface area contributed by atoms with Crippen molar-refractivity contribution in [2.45, 2.75) is 12.8 Å². The van der Waals surface area contributed by atoms with Crippen molar-refractivity contribution in [1.29, 1.82) is 0 Å². The fraction of sp³-hybridized carbons (Fsp3) is 0.111. The molecule has 1 aromatic heterocycles. The van der Waals surface area contributed by atoms with Crippen molar-refractivity contribution in [3.8, 4) is 0 Å². The molecule has 104 valence electrons. The van der Waals surface area contributed by atoms with Gasteiger partial charge in [0, 0.05) is 24.5 Å². The zero-order chi connectivity index (χ0) is 14.5. The van der Waals surface area contributed by atoms with Gasteiger partial charge in [-0.25, -0.2) is 0 Å². The number of carbonyl (C=O) groups excluding carboxylic acids is 1. The molecular formula is C18H16N2O. The minimum Gasteiger partial charge on any atom is -0.326 e. The maximum absolute atomic E-state index is 11.9. The largest absolute Gasteiger partial charge is 0.326 e. The van der Waals surface area contributed by atoms with Gasteiger partial charge in [0.2, 0.25) is 5.91 Å². The number of nitrogens with one attached hydrogen (secondary N) is 1. The molecule has 0 atom stereocenters. The Labute approximate surface area is 123 Å². The molecule has 0 aliphatic carbocycles. The third-order valence-corrected chi connectivity index (χ3v) is 3.42. The van der Waals surface area contributed by atoms with E-state index in [1.54, 1.807) is 24.5 Å². The number of fused-ring (bicyclic) bond motifs is 1. The maximum atomic E-state index is 11.9. The normalized spacial score (nSPS) is 10.5. The molecule has 1 N–H and O–H groups in total. The van der Waals surface area contributed by atoms with E-state index in [0.717, 1.165) is 12.1 Å². The Hall–Kier alpha value is -2.68. The number of aromatic nitrogens is 1. The second kappa shape index (κ2) is 6.18. The van der Waals surface area contributed by atoms with Crippen LogP contribution in [0.25, 0.3) is 10.8 Å². The van der Waals surface area contributed by atoms with Gasteiger partial charge < -0.3 is 5.32 Å². The molecule has 1 heterocycles. The first-order chi connectivity index (χ1) is 10.3. The maximum Gasteiger partial charge on any atom is 0.224 e. The van der Waals surface area contributed by atoms with Crippen LogP contribution in [0.2, 0.25) is 0 Å². The Morgan fingerprint density at radius 3 is 2.52 bits per heavy atom. The molecule has 0 bridgehead atoms. The van der Waals surface area contributed by atoms with E-state index in [9.17, 15) is 4.79 Å². The van der Waals surface area contributed by atoms with Crippen molar-refractivity contribution in [3.05, 3.63) is 72.6 Å². The number of aryl methyl sites for hydroxylation is 1. The van der Waals surface area contributed by atoms with Crippen molar-refractivity contribution in [2.75, 3.05) is 5.32 Å². The minimum atomic E-state index is 0.0226. The van der Waals surface area contributed by atoms with Crippen molar-refractivity contribution < 1.29 is 4.79 Å². The summed E-state index contributed by atoms with van der Waals surface area (Å²) in [6.45, 7) is 0. The molecule has 21 heavy (non-hydrogen) atoms. The Bertz CT molecular complexity index is 753. The highest BCUT2D eigenvalue weighted by Crippen LogP contribution is 2.16. The van der Waals surface area contributed by atoms with E-state index >= 15 is 0 Å². The van der Waals surface area contributed by atoms with Crippen molar-refractivity contribution in [2.24, 2.45) is 0 Å². The number of amides is 1. The van der Waals surface area contributed by atoms with Crippen LogP contribution in [-0.2, 0) is 11.2 Å². The lowest BCUT2D eigenvalue weighted by Crippen LogP contribution is -2.12. The lowest BCUT2D eigenvalue weighted by molar-refractivity contribution is -0.116. The van der Waals surface area contributed by atoms with E-state index in [2.05, 4.69) is 40.6 Å². The third-order valence-electron chi connectivity index (χ3n) is 3.42. The van der Waals surface area contributed by atoms with E-state index in [0.29, 0.717) is 6.42 Å². The van der Waals surface area contributed by atoms with E-state index in [4.69, 9.17) is 0 Å². The van der Waals surface area contributed by atoms with Gasteiger partial charge in [-0.1, -0.05) is 42.5 Å². The number of carbonyl (C=O) groups is 1. The minimum absolute atomic E-state index is 0.0226. The predicted molar refractivity (Wildman–Crippen MR) is 85.1 cm³/mol. The Morgan fingerprint density at radius 2 is 1.71 bits per heavy atom. The monoisotopic (exact) mass is 276 g/mol. The predicted octanol–water partition coefficient (Wildman–Crippen LogP) is 3.81. The quantitative estimate of drug-likeness (QED) is 0.787. The number of pyridine rings is 1. The third kappa shape index (κ3) is 3.45. The number of nitrogens with zero attached hydrogens (tertiary/aromatic N) is 1. The first-order valence-electron chi connectivity index (χ1n) is 6.99. The second-order valence-corrected chi connectivity index (χ2v) is 4.97. The van der Waals surface area contributed by atoms with Crippen LogP contribution in [0.1, 0.15) is 12.0 Å². The van der Waals surface area contributed by atoms with Gasteiger partial charge in [0.25, 0.3) is 0 Å². The van der Waals surface area contributed by atoms with Crippen molar-refractivity contribution in [3.63, 3.8) is 0 Å². The fourth-order valence-corrected chi connectivity index (χ4v) is 2.31. The smallest absolute Gasteiger partial charge is 0.224 e. The van der Waals surface area contributed by atoms with E-state index in [-0.39, 0.29) is 5.91 Å². The number of hydrogen-bond donors (Lipinski definition) is 1. The molecule has 0 aliphatic rings. The molecule has 1 amide bonds. The van der Waals surface area contributed by atoms with Gasteiger partial charge in [-0.2, -0.15) is 0 Å². The van der Waals surface area contributed by atoms with Crippen LogP contribution in [0.3, 0.4) is 0 Å². The summed E-state index contributed by atoms with van der Waals surface area (Å²) in [5, 5.41) is 5.31. The average molecular weight is 276 g/mol. The number of rotatable bonds is 4. The Kier molecular flexibility index (Phi) is 3.92. The summed E-state index contributed by atoms with van der Waals surface area (Å²) in [7, 11) is 0. The van der Waals surface area contributed by atoms with Crippen molar-refractivity contribution >= 4 is 22.4 Å². The molecule has 3 heteroatoms. The van der Waals surface area contributed by atoms with Crippen molar-refractivity contribution in [1.82, 2.24) is 4.98 Å². The lowest BCUT2D eigenvalue weighted by Gasteiger charge is -2.06. The molecule has 3 rings (SSSR count). The number of anilines is 1. The number of hydrogen-bond acceptors (Lipinski definition) is 2. The first-order valence-corrected chi connectivity index (χ1v) is 6.99. The molecule has 0 fully saturated rings. The summed E-state index contributed by atoms with van der Waals surface area (Å²) in [6.07, 6.45) is 4.54. The molecule has 0 aliphatic heterocycles. The molecule has 0 unspecified atom stereocenters. The zero-order valence-corrected chi connectivity index (χ0v) is 11.6. The van der Waals surface area contributed by atoms with Crippen LogP contribution in [0.4, 0.5) is 5.69 Å².